The highest BCUT2D eigenvalue weighted by molar-refractivity contribution is 5.44. The Balaban J connectivity index is 1.99. The van der Waals surface area contributed by atoms with Gasteiger partial charge in [-0.3, -0.25) is 0 Å². The van der Waals surface area contributed by atoms with E-state index in [-0.39, 0.29) is 6.04 Å². The minimum absolute atomic E-state index is 0.223. The average Bonchev–Trinajstić information content (AvgIpc) is 2.63. The number of fused-ring (bicyclic) bond motifs is 1. The molecule has 0 saturated heterocycles. The Hall–Kier alpha value is -1.22. The molecule has 0 amide bonds. The Labute approximate surface area is 96.5 Å². The predicted molar refractivity (Wildman–Crippen MR) is 63.7 cm³/mol. The van der Waals surface area contributed by atoms with Gasteiger partial charge in [-0.05, 0) is 36.5 Å². The molecule has 0 bridgehead atoms. The maximum atomic E-state index is 6.08. The molecule has 0 fully saturated rings. The van der Waals surface area contributed by atoms with E-state index >= 15 is 0 Å². The molecule has 3 nitrogen and oxygen atoms in total. The normalized spacial score (nSPS) is 15.5. The third-order valence-electron chi connectivity index (χ3n) is 2.71. The van der Waals surface area contributed by atoms with Crippen LogP contribution in [0.1, 0.15) is 25.8 Å². The third-order valence-corrected chi connectivity index (χ3v) is 2.71. The molecule has 2 N–H and O–H groups in total. The molecule has 0 spiro atoms. The standard InChI is InChI=1S/C13H19NO2/c1-9(2)5-11(14)6-10-3-4-12-13(7-10)16-8-15-12/h3-4,7,9,11H,5-6,8,14H2,1-2H3. The van der Waals surface area contributed by atoms with E-state index in [2.05, 4.69) is 19.9 Å². The van der Waals surface area contributed by atoms with Crippen molar-refractivity contribution in [1.82, 2.24) is 0 Å². The van der Waals surface area contributed by atoms with Gasteiger partial charge in [-0.1, -0.05) is 19.9 Å². The SMILES string of the molecule is CC(C)CC(N)Cc1ccc2c(c1)OCO2. The topological polar surface area (TPSA) is 44.5 Å². The lowest BCUT2D eigenvalue weighted by Crippen LogP contribution is -2.24. The second-order valence-corrected chi connectivity index (χ2v) is 4.78. The van der Waals surface area contributed by atoms with Crippen LogP contribution in [-0.4, -0.2) is 12.8 Å². The van der Waals surface area contributed by atoms with Crippen molar-refractivity contribution in [2.75, 3.05) is 6.79 Å². The summed E-state index contributed by atoms with van der Waals surface area (Å²) >= 11 is 0. The van der Waals surface area contributed by atoms with Gasteiger partial charge in [0.1, 0.15) is 0 Å². The lowest BCUT2D eigenvalue weighted by atomic mass is 9.98. The summed E-state index contributed by atoms with van der Waals surface area (Å²) in [6.07, 6.45) is 1.95. The minimum Gasteiger partial charge on any atom is -0.454 e. The summed E-state index contributed by atoms with van der Waals surface area (Å²) in [5.74, 6) is 2.32. The van der Waals surface area contributed by atoms with Crippen LogP contribution in [0.3, 0.4) is 0 Å². The summed E-state index contributed by atoms with van der Waals surface area (Å²) in [4.78, 5) is 0. The molecule has 3 heteroatoms. The van der Waals surface area contributed by atoms with Gasteiger partial charge in [-0.25, -0.2) is 0 Å². The Morgan fingerprint density at radius 3 is 2.75 bits per heavy atom. The Bertz CT molecular complexity index is 363. The first-order valence-electron chi connectivity index (χ1n) is 5.79. The largest absolute Gasteiger partial charge is 0.454 e. The van der Waals surface area contributed by atoms with E-state index < -0.39 is 0 Å². The van der Waals surface area contributed by atoms with Crippen LogP contribution in [0.4, 0.5) is 0 Å². The van der Waals surface area contributed by atoms with E-state index in [9.17, 15) is 0 Å². The highest BCUT2D eigenvalue weighted by atomic mass is 16.7. The fraction of sp³-hybridized carbons (Fsp3) is 0.538. The van der Waals surface area contributed by atoms with Gasteiger partial charge in [0, 0.05) is 6.04 Å². The molecule has 1 unspecified atom stereocenters. The third kappa shape index (κ3) is 2.67. The van der Waals surface area contributed by atoms with E-state index in [1.807, 2.05) is 12.1 Å². The maximum absolute atomic E-state index is 6.08. The summed E-state index contributed by atoms with van der Waals surface area (Å²) in [7, 11) is 0. The van der Waals surface area contributed by atoms with Crippen LogP contribution in [0.15, 0.2) is 18.2 Å². The number of nitrogens with two attached hydrogens (primary N) is 1. The fourth-order valence-electron chi connectivity index (χ4n) is 2.06. The van der Waals surface area contributed by atoms with Crippen LogP contribution in [0.25, 0.3) is 0 Å². The van der Waals surface area contributed by atoms with Crippen molar-refractivity contribution in [2.45, 2.75) is 32.7 Å². The number of hydrogen-bond donors (Lipinski definition) is 1. The highest BCUT2D eigenvalue weighted by Gasteiger charge is 2.14. The van der Waals surface area contributed by atoms with Gasteiger partial charge < -0.3 is 15.2 Å². The van der Waals surface area contributed by atoms with Gasteiger partial charge >= 0.3 is 0 Å². The molecule has 16 heavy (non-hydrogen) atoms. The minimum atomic E-state index is 0.223. The van der Waals surface area contributed by atoms with Crippen molar-refractivity contribution in [2.24, 2.45) is 11.7 Å². The van der Waals surface area contributed by atoms with Gasteiger partial charge in [-0.2, -0.15) is 0 Å². The molecule has 0 radical (unpaired) electrons. The van der Waals surface area contributed by atoms with Crippen LogP contribution in [-0.2, 0) is 6.42 Å². The first-order chi connectivity index (χ1) is 7.65. The van der Waals surface area contributed by atoms with E-state index in [0.717, 1.165) is 24.3 Å². The monoisotopic (exact) mass is 221 g/mol. The summed E-state index contributed by atoms with van der Waals surface area (Å²) in [5.41, 5.74) is 7.30. The van der Waals surface area contributed by atoms with Gasteiger partial charge in [-0.15, -0.1) is 0 Å². The molecule has 1 aliphatic rings. The number of benzene rings is 1. The molecule has 88 valence electrons. The van der Waals surface area contributed by atoms with E-state index in [1.165, 1.54) is 5.56 Å². The zero-order chi connectivity index (χ0) is 11.5. The molecule has 2 rings (SSSR count). The van der Waals surface area contributed by atoms with E-state index in [0.29, 0.717) is 12.7 Å². The van der Waals surface area contributed by atoms with Gasteiger partial charge in [0.2, 0.25) is 6.79 Å². The first kappa shape index (κ1) is 11.3. The predicted octanol–water partition coefficient (Wildman–Crippen LogP) is 2.33. The van der Waals surface area contributed by atoms with Gasteiger partial charge in [0.15, 0.2) is 11.5 Å². The van der Waals surface area contributed by atoms with Gasteiger partial charge in [0.05, 0.1) is 0 Å². The molecule has 0 aliphatic carbocycles. The molecule has 1 atom stereocenters. The number of rotatable bonds is 4. The van der Waals surface area contributed by atoms with Crippen molar-refractivity contribution in [3.8, 4) is 11.5 Å². The highest BCUT2D eigenvalue weighted by Crippen LogP contribution is 2.32. The Morgan fingerprint density at radius 1 is 1.25 bits per heavy atom. The van der Waals surface area contributed by atoms with Crippen LogP contribution < -0.4 is 15.2 Å². The number of ether oxygens (including phenoxy) is 2. The van der Waals surface area contributed by atoms with Crippen molar-refractivity contribution in [3.05, 3.63) is 23.8 Å². The van der Waals surface area contributed by atoms with Gasteiger partial charge in [0.25, 0.3) is 0 Å². The lowest BCUT2D eigenvalue weighted by Gasteiger charge is -2.14. The van der Waals surface area contributed by atoms with Crippen LogP contribution in [0, 0.1) is 5.92 Å². The molecule has 0 saturated carbocycles. The zero-order valence-electron chi connectivity index (χ0n) is 9.90. The Kier molecular flexibility index (Phi) is 3.34. The molecular weight excluding hydrogens is 202 g/mol. The molecule has 1 heterocycles. The Morgan fingerprint density at radius 2 is 2.00 bits per heavy atom. The molecule has 1 aliphatic heterocycles. The van der Waals surface area contributed by atoms with Crippen LogP contribution in [0.2, 0.25) is 0 Å². The maximum Gasteiger partial charge on any atom is 0.231 e. The van der Waals surface area contributed by atoms with Crippen LogP contribution >= 0.6 is 0 Å². The summed E-state index contributed by atoms with van der Waals surface area (Å²) in [5, 5.41) is 0. The van der Waals surface area contributed by atoms with E-state index in [1.54, 1.807) is 0 Å². The molecule has 0 aromatic heterocycles. The molecule has 1 aromatic carbocycles. The van der Waals surface area contributed by atoms with Crippen molar-refractivity contribution in [1.29, 1.82) is 0 Å². The lowest BCUT2D eigenvalue weighted by molar-refractivity contribution is 0.174. The second kappa shape index (κ2) is 4.74. The fourth-order valence-corrected chi connectivity index (χ4v) is 2.06. The average molecular weight is 221 g/mol. The molecule has 1 aromatic rings. The van der Waals surface area contributed by atoms with Crippen molar-refractivity contribution < 1.29 is 9.47 Å². The molecular formula is C13H19NO2. The first-order valence-corrected chi connectivity index (χ1v) is 5.79. The van der Waals surface area contributed by atoms with E-state index in [4.69, 9.17) is 15.2 Å². The second-order valence-electron chi connectivity index (χ2n) is 4.78. The smallest absolute Gasteiger partial charge is 0.231 e. The van der Waals surface area contributed by atoms with Crippen molar-refractivity contribution in [3.63, 3.8) is 0 Å². The van der Waals surface area contributed by atoms with Crippen LogP contribution in [0.5, 0.6) is 11.5 Å². The summed E-state index contributed by atoms with van der Waals surface area (Å²) < 4.78 is 10.6. The van der Waals surface area contributed by atoms with Crippen molar-refractivity contribution >= 4 is 0 Å². The number of hydrogen-bond acceptors (Lipinski definition) is 3. The summed E-state index contributed by atoms with van der Waals surface area (Å²) in [6.45, 7) is 4.72. The quantitative estimate of drug-likeness (QED) is 0.848. The summed E-state index contributed by atoms with van der Waals surface area (Å²) in [6, 6.07) is 6.27. The zero-order valence-corrected chi connectivity index (χ0v) is 9.90.